The van der Waals surface area contributed by atoms with Crippen LogP contribution in [0.2, 0.25) is 0 Å². The van der Waals surface area contributed by atoms with Crippen molar-refractivity contribution in [3.63, 3.8) is 0 Å². The Labute approximate surface area is 181 Å². The Kier molecular flexibility index (Phi) is 6.03. The molecule has 4 aromatic rings. The predicted molar refractivity (Wildman–Crippen MR) is 121 cm³/mol. The summed E-state index contributed by atoms with van der Waals surface area (Å²) in [5, 5.41) is 3.04. The summed E-state index contributed by atoms with van der Waals surface area (Å²) in [7, 11) is 0. The molecule has 3 aromatic carbocycles. The highest BCUT2D eigenvalue weighted by atomic mass is 16.5. The number of rotatable bonds is 6. The van der Waals surface area contributed by atoms with Gasteiger partial charge in [-0.25, -0.2) is 4.98 Å². The minimum absolute atomic E-state index is 0.0806. The van der Waals surface area contributed by atoms with Crippen LogP contribution in [0.25, 0.3) is 11.4 Å². The molecule has 4 rings (SSSR count). The van der Waals surface area contributed by atoms with Gasteiger partial charge in [-0.15, -0.1) is 0 Å². The Morgan fingerprint density at radius 1 is 0.903 bits per heavy atom. The van der Waals surface area contributed by atoms with Gasteiger partial charge in [0.2, 0.25) is 5.88 Å². The molecule has 0 saturated heterocycles. The van der Waals surface area contributed by atoms with Crippen LogP contribution in [0.3, 0.4) is 0 Å². The second-order valence-corrected chi connectivity index (χ2v) is 7.32. The Balaban J connectivity index is 1.44. The van der Waals surface area contributed by atoms with Gasteiger partial charge in [0.15, 0.2) is 5.82 Å². The van der Waals surface area contributed by atoms with Crippen LogP contribution >= 0.6 is 0 Å². The van der Waals surface area contributed by atoms with Crippen molar-refractivity contribution in [3.8, 4) is 23.0 Å². The number of benzene rings is 3. The quantitative estimate of drug-likeness (QED) is 0.441. The molecule has 0 fully saturated rings. The minimum atomic E-state index is -0.123. The van der Waals surface area contributed by atoms with Crippen molar-refractivity contribution in [2.24, 2.45) is 0 Å². The third kappa shape index (κ3) is 5.14. The van der Waals surface area contributed by atoms with E-state index in [0.717, 1.165) is 11.1 Å². The summed E-state index contributed by atoms with van der Waals surface area (Å²) in [5.41, 5.74) is 3.65. The minimum Gasteiger partial charge on any atom is -0.439 e. The molecule has 1 N–H and O–H groups in total. The monoisotopic (exact) mass is 409 g/mol. The first-order chi connectivity index (χ1) is 15.1. The van der Waals surface area contributed by atoms with Crippen LogP contribution in [0.4, 0.5) is 0 Å². The van der Waals surface area contributed by atoms with Crippen molar-refractivity contribution in [3.05, 3.63) is 108 Å². The second-order valence-electron chi connectivity index (χ2n) is 7.32. The van der Waals surface area contributed by atoms with Crippen LogP contribution in [0.15, 0.2) is 91.1 Å². The molecule has 0 aliphatic rings. The average Bonchev–Trinajstić information content (AvgIpc) is 2.80. The molecule has 5 nitrogen and oxygen atoms in total. The molecule has 0 aliphatic heterocycles. The van der Waals surface area contributed by atoms with Crippen LogP contribution in [-0.2, 0) is 0 Å². The molecule has 154 valence electrons. The summed E-state index contributed by atoms with van der Waals surface area (Å²) in [6, 6.07) is 26.5. The van der Waals surface area contributed by atoms with E-state index in [1.807, 2.05) is 80.6 Å². The van der Waals surface area contributed by atoms with Gasteiger partial charge < -0.3 is 10.1 Å². The number of nitrogens with one attached hydrogen (secondary N) is 1. The molecule has 5 heteroatoms. The number of aryl methyl sites for hydroxylation is 1. The smallest absolute Gasteiger partial charge is 0.251 e. The van der Waals surface area contributed by atoms with E-state index in [0.29, 0.717) is 23.0 Å². The zero-order chi connectivity index (χ0) is 21.6. The van der Waals surface area contributed by atoms with Gasteiger partial charge in [0.1, 0.15) is 5.75 Å². The van der Waals surface area contributed by atoms with Crippen LogP contribution in [0, 0.1) is 6.92 Å². The van der Waals surface area contributed by atoms with Crippen molar-refractivity contribution in [2.75, 3.05) is 0 Å². The molecule has 1 amide bonds. The topological polar surface area (TPSA) is 64.1 Å². The van der Waals surface area contributed by atoms with Gasteiger partial charge >= 0.3 is 0 Å². The number of ether oxygens (including phenoxy) is 1. The molecule has 1 atom stereocenters. The highest BCUT2D eigenvalue weighted by Gasteiger charge is 2.12. The number of para-hydroxylation sites is 1. The van der Waals surface area contributed by atoms with Gasteiger partial charge in [0.05, 0.1) is 6.04 Å². The lowest BCUT2D eigenvalue weighted by Crippen LogP contribution is -2.26. The summed E-state index contributed by atoms with van der Waals surface area (Å²) in [4.78, 5) is 21.4. The number of carbonyl (C=O) groups is 1. The normalized spacial score (nSPS) is 11.5. The molecule has 0 spiro atoms. The summed E-state index contributed by atoms with van der Waals surface area (Å²) in [5.74, 6) is 1.59. The largest absolute Gasteiger partial charge is 0.439 e. The van der Waals surface area contributed by atoms with E-state index < -0.39 is 0 Å². The number of amides is 1. The Morgan fingerprint density at radius 3 is 2.32 bits per heavy atom. The zero-order valence-corrected chi connectivity index (χ0v) is 17.4. The summed E-state index contributed by atoms with van der Waals surface area (Å²) < 4.78 is 5.78. The van der Waals surface area contributed by atoms with E-state index in [1.165, 1.54) is 5.56 Å². The lowest BCUT2D eigenvalue weighted by Gasteiger charge is -2.15. The van der Waals surface area contributed by atoms with Gasteiger partial charge in [-0.1, -0.05) is 60.2 Å². The molecule has 0 bridgehead atoms. The maximum absolute atomic E-state index is 12.6. The Morgan fingerprint density at radius 2 is 1.61 bits per heavy atom. The highest BCUT2D eigenvalue weighted by Crippen LogP contribution is 2.22. The fourth-order valence-corrected chi connectivity index (χ4v) is 3.14. The van der Waals surface area contributed by atoms with Crippen molar-refractivity contribution in [1.29, 1.82) is 0 Å². The van der Waals surface area contributed by atoms with E-state index in [9.17, 15) is 4.79 Å². The molecule has 0 aliphatic carbocycles. The molecular weight excluding hydrogens is 386 g/mol. The number of nitrogens with zero attached hydrogens (tertiary/aromatic N) is 2. The van der Waals surface area contributed by atoms with Crippen LogP contribution in [0.1, 0.15) is 34.5 Å². The summed E-state index contributed by atoms with van der Waals surface area (Å²) in [6.45, 7) is 4.02. The Bertz CT molecular complexity index is 1160. The standard InChI is InChI=1S/C26H23N3O2/c1-18-8-10-20(11-9-18)19(2)28-26(30)22-14-12-21(13-15-22)25-27-17-16-24(29-25)31-23-6-4-3-5-7-23/h3-17,19H,1-2H3,(H,28,30). The van der Waals surface area contributed by atoms with Crippen molar-refractivity contribution >= 4 is 5.91 Å². The first-order valence-corrected chi connectivity index (χ1v) is 10.1. The number of hydrogen-bond donors (Lipinski definition) is 1. The van der Waals surface area contributed by atoms with E-state index in [-0.39, 0.29) is 11.9 Å². The van der Waals surface area contributed by atoms with Crippen molar-refractivity contribution in [2.45, 2.75) is 19.9 Å². The molecule has 1 heterocycles. The van der Waals surface area contributed by atoms with Gasteiger partial charge in [0.25, 0.3) is 5.91 Å². The van der Waals surface area contributed by atoms with E-state index in [2.05, 4.69) is 15.3 Å². The van der Waals surface area contributed by atoms with Gasteiger partial charge in [0, 0.05) is 23.4 Å². The maximum Gasteiger partial charge on any atom is 0.251 e. The van der Waals surface area contributed by atoms with Gasteiger partial charge in [-0.05, 0) is 43.7 Å². The number of aromatic nitrogens is 2. The van der Waals surface area contributed by atoms with Gasteiger partial charge in [-0.3, -0.25) is 4.79 Å². The zero-order valence-electron chi connectivity index (χ0n) is 17.4. The molecule has 0 saturated carbocycles. The SMILES string of the molecule is Cc1ccc(C(C)NC(=O)c2ccc(-c3nccc(Oc4ccccc4)n3)cc2)cc1. The van der Waals surface area contributed by atoms with Crippen LogP contribution in [0.5, 0.6) is 11.6 Å². The Hall–Kier alpha value is -3.99. The molecule has 1 unspecified atom stereocenters. The van der Waals surface area contributed by atoms with Crippen molar-refractivity contribution in [1.82, 2.24) is 15.3 Å². The molecule has 31 heavy (non-hydrogen) atoms. The van der Waals surface area contributed by atoms with Gasteiger partial charge in [-0.2, -0.15) is 4.98 Å². The molecule has 1 aromatic heterocycles. The van der Waals surface area contributed by atoms with Crippen LogP contribution < -0.4 is 10.1 Å². The number of carbonyl (C=O) groups excluding carboxylic acids is 1. The fourth-order valence-electron chi connectivity index (χ4n) is 3.14. The first kappa shape index (κ1) is 20.3. The maximum atomic E-state index is 12.6. The third-order valence-electron chi connectivity index (χ3n) is 4.93. The fraction of sp³-hybridized carbons (Fsp3) is 0.115. The average molecular weight is 409 g/mol. The highest BCUT2D eigenvalue weighted by molar-refractivity contribution is 5.94. The van der Waals surface area contributed by atoms with E-state index >= 15 is 0 Å². The third-order valence-corrected chi connectivity index (χ3v) is 4.93. The van der Waals surface area contributed by atoms with E-state index in [1.54, 1.807) is 24.4 Å². The summed E-state index contributed by atoms with van der Waals surface area (Å²) in [6.07, 6.45) is 1.66. The van der Waals surface area contributed by atoms with Crippen LogP contribution in [-0.4, -0.2) is 15.9 Å². The number of hydrogen-bond acceptors (Lipinski definition) is 4. The second kappa shape index (κ2) is 9.22. The predicted octanol–water partition coefficient (Wildman–Crippen LogP) is 5.74. The summed E-state index contributed by atoms with van der Waals surface area (Å²) >= 11 is 0. The molecule has 0 radical (unpaired) electrons. The van der Waals surface area contributed by atoms with Crippen molar-refractivity contribution < 1.29 is 9.53 Å². The first-order valence-electron chi connectivity index (χ1n) is 10.1. The lowest BCUT2D eigenvalue weighted by molar-refractivity contribution is 0.0940. The molecular formula is C26H23N3O2. The lowest BCUT2D eigenvalue weighted by atomic mass is 10.1. The van der Waals surface area contributed by atoms with E-state index in [4.69, 9.17) is 4.74 Å².